The molecule has 0 unspecified atom stereocenters. The Balaban J connectivity index is 2.48. The Morgan fingerprint density at radius 2 is 2.12 bits per heavy atom. The van der Waals surface area contributed by atoms with Gasteiger partial charge in [-0.1, -0.05) is 12.1 Å². The van der Waals surface area contributed by atoms with Crippen LogP contribution in [0.4, 0.5) is 5.82 Å². The molecule has 0 aliphatic rings. The molecule has 0 aliphatic carbocycles. The highest BCUT2D eigenvalue weighted by atomic mass is 16.4. The van der Waals surface area contributed by atoms with Crippen LogP contribution in [0, 0.1) is 0 Å². The molecule has 0 saturated heterocycles. The van der Waals surface area contributed by atoms with Crippen molar-refractivity contribution >= 4 is 11.8 Å². The number of carbonyl (C=O) groups is 1. The standard InChI is InChI=1S/C11H9N3O2/c12-10-6-13-5-9(14-10)7-2-1-3-8(4-7)11(15)16/h1-6H,(H2,12,14)(H,15,16). The van der Waals surface area contributed by atoms with Gasteiger partial charge in [-0.15, -0.1) is 0 Å². The van der Waals surface area contributed by atoms with E-state index in [0.717, 1.165) is 0 Å². The fourth-order valence-corrected chi connectivity index (χ4v) is 1.33. The SMILES string of the molecule is Nc1cncc(-c2cccc(C(=O)O)c2)n1. The van der Waals surface area contributed by atoms with Crippen molar-refractivity contribution in [2.75, 3.05) is 5.73 Å². The lowest BCUT2D eigenvalue weighted by Crippen LogP contribution is -1.97. The first-order valence-corrected chi connectivity index (χ1v) is 4.58. The van der Waals surface area contributed by atoms with Crippen LogP contribution in [-0.4, -0.2) is 21.0 Å². The number of rotatable bonds is 2. The van der Waals surface area contributed by atoms with Crippen molar-refractivity contribution in [3.8, 4) is 11.3 Å². The van der Waals surface area contributed by atoms with Crippen LogP contribution in [0.15, 0.2) is 36.7 Å². The summed E-state index contributed by atoms with van der Waals surface area (Å²) in [6.45, 7) is 0. The topological polar surface area (TPSA) is 89.1 Å². The average molecular weight is 215 g/mol. The average Bonchev–Trinajstić information content (AvgIpc) is 2.29. The molecule has 0 saturated carbocycles. The minimum atomic E-state index is -0.973. The second-order valence-corrected chi connectivity index (χ2v) is 3.22. The van der Waals surface area contributed by atoms with E-state index >= 15 is 0 Å². The highest BCUT2D eigenvalue weighted by Crippen LogP contribution is 2.18. The van der Waals surface area contributed by atoms with Gasteiger partial charge in [0.05, 0.1) is 23.7 Å². The van der Waals surface area contributed by atoms with Crippen molar-refractivity contribution in [1.82, 2.24) is 9.97 Å². The number of carboxylic acid groups (broad SMARTS) is 1. The fourth-order valence-electron chi connectivity index (χ4n) is 1.33. The van der Waals surface area contributed by atoms with Gasteiger partial charge >= 0.3 is 5.97 Å². The molecule has 1 heterocycles. The number of aromatic carboxylic acids is 1. The molecule has 0 fully saturated rings. The van der Waals surface area contributed by atoms with Gasteiger partial charge < -0.3 is 10.8 Å². The third-order valence-electron chi connectivity index (χ3n) is 2.06. The smallest absolute Gasteiger partial charge is 0.335 e. The molecule has 80 valence electrons. The van der Waals surface area contributed by atoms with Gasteiger partial charge in [0.15, 0.2) is 0 Å². The summed E-state index contributed by atoms with van der Waals surface area (Å²) in [6, 6.07) is 6.47. The number of benzene rings is 1. The van der Waals surface area contributed by atoms with E-state index in [4.69, 9.17) is 10.8 Å². The van der Waals surface area contributed by atoms with E-state index in [2.05, 4.69) is 9.97 Å². The second kappa shape index (κ2) is 3.98. The predicted molar refractivity (Wildman–Crippen MR) is 58.8 cm³/mol. The van der Waals surface area contributed by atoms with Crippen LogP contribution in [0.1, 0.15) is 10.4 Å². The van der Waals surface area contributed by atoms with Crippen molar-refractivity contribution in [1.29, 1.82) is 0 Å². The lowest BCUT2D eigenvalue weighted by molar-refractivity contribution is 0.0697. The summed E-state index contributed by atoms with van der Waals surface area (Å²) in [5.41, 5.74) is 6.95. The molecule has 0 atom stereocenters. The van der Waals surface area contributed by atoms with Crippen molar-refractivity contribution < 1.29 is 9.90 Å². The number of carboxylic acids is 1. The number of nitrogen functional groups attached to an aromatic ring is 1. The number of anilines is 1. The monoisotopic (exact) mass is 215 g/mol. The van der Waals surface area contributed by atoms with E-state index < -0.39 is 5.97 Å². The minimum absolute atomic E-state index is 0.210. The maximum atomic E-state index is 10.8. The quantitative estimate of drug-likeness (QED) is 0.790. The molecule has 2 aromatic rings. The molecule has 1 aromatic heterocycles. The van der Waals surface area contributed by atoms with Crippen LogP contribution in [0.5, 0.6) is 0 Å². The third kappa shape index (κ3) is 1.98. The van der Waals surface area contributed by atoms with Gasteiger partial charge in [-0.05, 0) is 12.1 Å². The zero-order chi connectivity index (χ0) is 11.5. The van der Waals surface area contributed by atoms with Gasteiger partial charge in [0, 0.05) is 5.56 Å². The van der Waals surface area contributed by atoms with Gasteiger partial charge in [0.25, 0.3) is 0 Å². The number of hydrogen-bond donors (Lipinski definition) is 2. The largest absolute Gasteiger partial charge is 0.478 e. The normalized spacial score (nSPS) is 10.0. The zero-order valence-electron chi connectivity index (χ0n) is 8.29. The Bertz CT molecular complexity index is 540. The first-order chi connectivity index (χ1) is 7.66. The number of nitrogens with zero attached hydrogens (tertiary/aromatic N) is 2. The zero-order valence-corrected chi connectivity index (χ0v) is 8.29. The van der Waals surface area contributed by atoms with Crippen molar-refractivity contribution in [2.24, 2.45) is 0 Å². The summed E-state index contributed by atoms with van der Waals surface area (Å²) in [4.78, 5) is 18.8. The molecule has 5 nitrogen and oxygen atoms in total. The maximum Gasteiger partial charge on any atom is 0.335 e. The van der Waals surface area contributed by atoms with Crippen LogP contribution < -0.4 is 5.73 Å². The molecule has 0 amide bonds. The lowest BCUT2D eigenvalue weighted by atomic mass is 10.1. The van der Waals surface area contributed by atoms with Crippen LogP contribution in [-0.2, 0) is 0 Å². The van der Waals surface area contributed by atoms with Crippen LogP contribution in [0.3, 0.4) is 0 Å². The summed E-state index contributed by atoms with van der Waals surface area (Å²) in [5.74, 6) is -0.669. The molecular weight excluding hydrogens is 206 g/mol. The van der Waals surface area contributed by atoms with Crippen molar-refractivity contribution in [3.63, 3.8) is 0 Å². The van der Waals surface area contributed by atoms with Gasteiger partial charge in [0.2, 0.25) is 0 Å². The van der Waals surface area contributed by atoms with Crippen molar-refractivity contribution in [2.45, 2.75) is 0 Å². The van der Waals surface area contributed by atoms with Crippen LogP contribution in [0.2, 0.25) is 0 Å². The predicted octanol–water partition coefficient (Wildman–Crippen LogP) is 1.42. The Labute approximate surface area is 91.6 Å². The summed E-state index contributed by atoms with van der Waals surface area (Å²) >= 11 is 0. The van der Waals surface area contributed by atoms with E-state index in [1.165, 1.54) is 24.5 Å². The Hall–Kier alpha value is -2.43. The molecule has 1 aromatic carbocycles. The van der Waals surface area contributed by atoms with E-state index in [1.807, 2.05) is 0 Å². The third-order valence-corrected chi connectivity index (χ3v) is 2.06. The highest BCUT2D eigenvalue weighted by molar-refractivity contribution is 5.89. The van der Waals surface area contributed by atoms with Crippen LogP contribution >= 0.6 is 0 Å². The first-order valence-electron chi connectivity index (χ1n) is 4.58. The first kappa shape index (κ1) is 10.1. The van der Waals surface area contributed by atoms with Crippen LogP contribution in [0.25, 0.3) is 11.3 Å². The van der Waals surface area contributed by atoms with Gasteiger partial charge in [-0.2, -0.15) is 0 Å². The fraction of sp³-hybridized carbons (Fsp3) is 0. The molecule has 0 aliphatic heterocycles. The van der Waals surface area contributed by atoms with E-state index in [9.17, 15) is 4.79 Å². The van der Waals surface area contributed by atoms with E-state index in [0.29, 0.717) is 17.1 Å². The summed E-state index contributed by atoms with van der Waals surface area (Å²) in [6.07, 6.45) is 2.97. The Kier molecular flexibility index (Phi) is 2.51. The Morgan fingerprint density at radius 3 is 2.81 bits per heavy atom. The summed E-state index contributed by atoms with van der Waals surface area (Å²) in [5, 5.41) is 8.85. The molecule has 0 spiro atoms. The Morgan fingerprint density at radius 1 is 1.31 bits per heavy atom. The summed E-state index contributed by atoms with van der Waals surface area (Å²) < 4.78 is 0. The molecule has 0 radical (unpaired) electrons. The molecule has 3 N–H and O–H groups in total. The van der Waals surface area contributed by atoms with Gasteiger partial charge in [-0.25, -0.2) is 9.78 Å². The van der Waals surface area contributed by atoms with Crippen molar-refractivity contribution in [3.05, 3.63) is 42.2 Å². The second-order valence-electron chi connectivity index (χ2n) is 3.22. The highest BCUT2D eigenvalue weighted by Gasteiger charge is 2.05. The molecular formula is C11H9N3O2. The number of hydrogen-bond acceptors (Lipinski definition) is 4. The van der Waals surface area contributed by atoms with Gasteiger partial charge in [-0.3, -0.25) is 4.98 Å². The minimum Gasteiger partial charge on any atom is -0.478 e. The molecule has 0 bridgehead atoms. The van der Waals surface area contributed by atoms with E-state index in [-0.39, 0.29) is 5.56 Å². The molecule has 2 rings (SSSR count). The number of aromatic nitrogens is 2. The van der Waals surface area contributed by atoms with E-state index in [1.54, 1.807) is 12.1 Å². The van der Waals surface area contributed by atoms with Gasteiger partial charge in [0.1, 0.15) is 5.82 Å². The lowest BCUT2D eigenvalue weighted by Gasteiger charge is -2.02. The summed E-state index contributed by atoms with van der Waals surface area (Å²) in [7, 11) is 0. The molecule has 5 heteroatoms. The maximum absolute atomic E-state index is 10.8. The molecule has 16 heavy (non-hydrogen) atoms. The number of nitrogens with two attached hydrogens (primary N) is 1.